The second-order valence-electron chi connectivity index (χ2n) is 8.10. The number of carbonyl (C=O) groups is 4. The summed E-state index contributed by atoms with van der Waals surface area (Å²) in [6.07, 6.45) is 5.35. The molecule has 1 N–H and O–H groups in total. The van der Waals surface area contributed by atoms with Crippen LogP contribution >= 0.6 is 0 Å². The molecule has 3 fully saturated rings. The maximum Gasteiger partial charge on any atom is 0.244 e. The zero-order valence-electron chi connectivity index (χ0n) is 14.9. The van der Waals surface area contributed by atoms with Gasteiger partial charge < -0.3 is 5.32 Å². The Balaban J connectivity index is 1.29. The summed E-state index contributed by atoms with van der Waals surface area (Å²) < 4.78 is 0. The molecule has 6 heteroatoms. The Morgan fingerprint density at radius 2 is 1.56 bits per heavy atom. The molecule has 1 aromatic rings. The van der Waals surface area contributed by atoms with Crippen LogP contribution in [0.5, 0.6) is 0 Å². The lowest BCUT2D eigenvalue weighted by Gasteiger charge is -2.37. The lowest BCUT2D eigenvalue weighted by Crippen LogP contribution is -2.40. The molecule has 0 unspecified atom stereocenters. The summed E-state index contributed by atoms with van der Waals surface area (Å²) in [6.45, 7) is 1.22. The van der Waals surface area contributed by atoms with Gasteiger partial charge in [-0.15, -0.1) is 0 Å². The summed E-state index contributed by atoms with van der Waals surface area (Å²) in [5, 5.41) is 2.70. The van der Waals surface area contributed by atoms with Gasteiger partial charge in [0.25, 0.3) is 0 Å². The summed E-state index contributed by atoms with van der Waals surface area (Å²) in [5.74, 6) is 0.00757. The van der Waals surface area contributed by atoms with Crippen LogP contribution in [-0.2, 0) is 14.4 Å². The maximum absolute atomic E-state index is 12.9. The highest BCUT2D eigenvalue weighted by Gasteiger charge is 2.67. The Labute approximate surface area is 156 Å². The van der Waals surface area contributed by atoms with E-state index in [2.05, 4.69) is 17.5 Å². The molecule has 4 aliphatic carbocycles. The van der Waals surface area contributed by atoms with Crippen molar-refractivity contribution in [2.24, 2.45) is 35.5 Å². The minimum absolute atomic E-state index is 0.0509. The topological polar surface area (TPSA) is 83.6 Å². The third-order valence-corrected chi connectivity index (χ3v) is 6.63. The minimum atomic E-state index is -0.406. The third kappa shape index (κ3) is 2.39. The molecule has 6 atom stereocenters. The largest absolute Gasteiger partial charge is 0.325 e. The number of benzene rings is 1. The summed E-state index contributed by atoms with van der Waals surface area (Å²) in [4.78, 5) is 50.6. The molecule has 5 aliphatic rings. The fourth-order valence-corrected chi connectivity index (χ4v) is 5.31. The highest BCUT2D eigenvalue weighted by Crippen LogP contribution is 2.65. The molecule has 2 saturated carbocycles. The number of ketones is 1. The number of amides is 3. The molecule has 138 valence electrons. The molecule has 6 rings (SSSR count). The monoisotopic (exact) mass is 364 g/mol. The molecule has 3 amide bonds. The van der Waals surface area contributed by atoms with Crippen molar-refractivity contribution in [2.45, 2.75) is 13.3 Å². The molecule has 6 nitrogen and oxygen atoms in total. The number of Topliss-reactive ketones (excluding diaryl/α,β-unsaturated/α-hetero) is 1. The van der Waals surface area contributed by atoms with Gasteiger partial charge in [0.05, 0.1) is 11.8 Å². The number of allylic oxidation sites excluding steroid dienone is 2. The Morgan fingerprint density at radius 3 is 2.07 bits per heavy atom. The molecule has 1 aliphatic heterocycles. The van der Waals surface area contributed by atoms with Crippen LogP contribution in [0.1, 0.15) is 23.7 Å². The number of nitrogens with zero attached hydrogens (tertiary/aromatic N) is 1. The van der Waals surface area contributed by atoms with Crippen molar-refractivity contribution < 1.29 is 19.2 Å². The van der Waals surface area contributed by atoms with Crippen LogP contribution < -0.4 is 5.32 Å². The zero-order chi connectivity index (χ0) is 18.9. The summed E-state index contributed by atoms with van der Waals surface area (Å²) >= 11 is 0. The van der Waals surface area contributed by atoms with E-state index >= 15 is 0 Å². The van der Waals surface area contributed by atoms with Crippen molar-refractivity contribution in [1.82, 2.24) is 4.90 Å². The fourth-order valence-electron chi connectivity index (χ4n) is 5.31. The van der Waals surface area contributed by atoms with E-state index in [9.17, 15) is 19.2 Å². The van der Waals surface area contributed by atoms with Gasteiger partial charge in [-0.2, -0.15) is 0 Å². The average Bonchev–Trinajstić information content (AvgIpc) is 3.43. The lowest BCUT2D eigenvalue weighted by atomic mass is 9.63. The molecule has 0 spiro atoms. The summed E-state index contributed by atoms with van der Waals surface area (Å²) in [5.41, 5.74) is 1.09. The predicted octanol–water partition coefficient (Wildman–Crippen LogP) is 1.88. The fraction of sp³-hybridized carbons (Fsp3) is 0.429. The number of carbonyl (C=O) groups excluding carboxylic acids is 4. The molecular formula is C21H20N2O4. The summed E-state index contributed by atoms with van der Waals surface area (Å²) in [7, 11) is 0. The smallest absolute Gasteiger partial charge is 0.244 e. The molecule has 1 saturated heterocycles. The van der Waals surface area contributed by atoms with Crippen molar-refractivity contribution in [3.8, 4) is 0 Å². The van der Waals surface area contributed by atoms with Gasteiger partial charge in [-0.1, -0.05) is 12.2 Å². The van der Waals surface area contributed by atoms with Crippen LogP contribution in [0, 0.1) is 35.5 Å². The molecule has 1 aromatic carbocycles. The van der Waals surface area contributed by atoms with Gasteiger partial charge in [-0.05, 0) is 61.3 Å². The Morgan fingerprint density at radius 1 is 1.00 bits per heavy atom. The first-order chi connectivity index (χ1) is 13.0. The molecular weight excluding hydrogens is 344 g/mol. The number of anilines is 1. The number of hydrogen-bond donors (Lipinski definition) is 1. The first-order valence-corrected chi connectivity index (χ1v) is 9.40. The summed E-state index contributed by atoms with van der Waals surface area (Å²) in [6, 6.07) is 6.54. The van der Waals surface area contributed by atoms with Crippen LogP contribution in [0.25, 0.3) is 0 Å². The van der Waals surface area contributed by atoms with E-state index in [1.165, 1.54) is 6.92 Å². The van der Waals surface area contributed by atoms with E-state index < -0.39 is 5.91 Å². The van der Waals surface area contributed by atoms with Crippen LogP contribution in [0.3, 0.4) is 0 Å². The normalized spacial score (nSPS) is 35.1. The number of imide groups is 1. The van der Waals surface area contributed by atoms with E-state index in [0.29, 0.717) is 23.1 Å². The Bertz CT molecular complexity index is 867. The first-order valence-electron chi connectivity index (χ1n) is 9.40. The molecule has 2 bridgehead atoms. The van der Waals surface area contributed by atoms with Crippen LogP contribution in [0.15, 0.2) is 36.4 Å². The molecule has 0 radical (unpaired) electrons. The molecule has 1 heterocycles. The minimum Gasteiger partial charge on any atom is -0.325 e. The van der Waals surface area contributed by atoms with Gasteiger partial charge in [0, 0.05) is 11.3 Å². The van der Waals surface area contributed by atoms with Crippen LogP contribution in [0.2, 0.25) is 0 Å². The number of nitrogens with one attached hydrogen (secondary N) is 1. The number of likely N-dealkylation sites (tertiary alicyclic amines) is 1. The zero-order valence-corrected chi connectivity index (χ0v) is 14.9. The second kappa shape index (κ2) is 5.62. The van der Waals surface area contributed by atoms with Gasteiger partial charge in [-0.3, -0.25) is 24.1 Å². The molecule has 0 aromatic heterocycles. The van der Waals surface area contributed by atoms with Crippen LogP contribution in [-0.4, -0.2) is 34.9 Å². The Hall–Kier alpha value is -2.76. The van der Waals surface area contributed by atoms with E-state index in [-0.39, 0.29) is 47.8 Å². The lowest BCUT2D eigenvalue weighted by molar-refractivity contribution is -0.142. The van der Waals surface area contributed by atoms with E-state index in [0.717, 1.165) is 11.3 Å². The van der Waals surface area contributed by atoms with Crippen molar-refractivity contribution >= 4 is 29.2 Å². The van der Waals surface area contributed by atoms with Crippen molar-refractivity contribution in [3.05, 3.63) is 42.0 Å². The van der Waals surface area contributed by atoms with Gasteiger partial charge in [0.2, 0.25) is 17.7 Å². The highest BCUT2D eigenvalue weighted by molar-refractivity contribution is 6.09. The maximum atomic E-state index is 12.9. The van der Waals surface area contributed by atoms with E-state index in [1.807, 2.05) is 0 Å². The molecule has 27 heavy (non-hydrogen) atoms. The average molecular weight is 364 g/mol. The van der Waals surface area contributed by atoms with Crippen molar-refractivity contribution in [3.63, 3.8) is 0 Å². The SMILES string of the molecule is CC(=O)c1ccc(NC(=O)CN2C(=O)[C@@H]3[C@H]4C=C[C@@H]([C@@H]5C[C@H]45)[C@H]3C2=O)cc1. The predicted molar refractivity (Wildman–Crippen MR) is 96.5 cm³/mol. The quantitative estimate of drug-likeness (QED) is 0.502. The number of hydrogen-bond acceptors (Lipinski definition) is 4. The highest BCUT2D eigenvalue weighted by atomic mass is 16.2. The van der Waals surface area contributed by atoms with Crippen molar-refractivity contribution in [1.29, 1.82) is 0 Å². The second-order valence-corrected chi connectivity index (χ2v) is 8.10. The van der Waals surface area contributed by atoms with Gasteiger partial charge in [0.15, 0.2) is 5.78 Å². The van der Waals surface area contributed by atoms with E-state index in [1.54, 1.807) is 24.3 Å². The third-order valence-electron chi connectivity index (χ3n) is 6.63. The number of rotatable bonds is 4. The first kappa shape index (κ1) is 16.4. The van der Waals surface area contributed by atoms with Gasteiger partial charge in [0.1, 0.15) is 6.54 Å². The van der Waals surface area contributed by atoms with Gasteiger partial charge in [-0.25, -0.2) is 0 Å². The standard InChI is InChI=1S/C21H20N2O4/c1-10(24)11-2-4-12(5-3-11)22-17(25)9-23-20(26)18-13-6-7-14(16-8-15(13)16)19(18)21(23)27/h2-7,13-16,18-19H,8-9H2,1H3,(H,22,25)/t13-,14-,15-,16+,18+,19+/m0/s1. The Kier molecular flexibility index (Phi) is 3.41. The van der Waals surface area contributed by atoms with Crippen molar-refractivity contribution in [2.75, 3.05) is 11.9 Å². The van der Waals surface area contributed by atoms with E-state index in [4.69, 9.17) is 0 Å². The van der Waals surface area contributed by atoms with Gasteiger partial charge >= 0.3 is 0 Å². The van der Waals surface area contributed by atoms with Crippen LogP contribution in [0.4, 0.5) is 5.69 Å².